The number of amides is 1. The number of likely N-dealkylation sites (N-methyl/N-ethyl adjacent to an activating group) is 1. The standard InChI is InChI=1S/C16H24ClN3O/c1-3-19-8-10-20(11-9-19)7-6-16(21)18-15-5-4-14(17)12-13(15)2/h4-5,12H,3,6-11H2,1-2H3,(H,18,21). The third kappa shape index (κ3) is 4.99. The van der Waals surface area contributed by atoms with Crippen LogP contribution < -0.4 is 5.32 Å². The quantitative estimate of drug-likeness (QED) is 0.908. The summed E-state index contributed by atoms with van der Waals surface area (Å²) in [6.45, 7) is 10.4. The second-order valence-corrected chi connectivity index (χ2v) is 5.97. The van der Waals surface area contributed by atoms with Gasteiger partial charge in [-0.15, -0.1) is 0 Å². The molecular weight excluding hydrogens is 286 g/mol. The van der Waals surface area contributed by atoms with E-state index in [1.807, 2.05) is 19.1 Å². The van der Waals surface area contributed by atoms with E-state index >= 15 is 0 Å². The second-order valence-electron chi connectivity index (χ2n) is 5.53. The highest BCUT2D eigenvalue weighted by Crippen LogP contribution is 2.19. The lowest BCUT2D eigenvalue weighted by molar-refractivity contribution is -0.116. The van der Waals surface area contributed by atoms with Crippen molar-refractivity contribution < 1.29 is 4.79 Å². The van der Waals surface area contributed by atoms with E-state index in [0.29, 0.717) is 11.4 Å². The molecule has 0 aromatic heterocycles. The minimum atomic E-state index is 0.0679. The Hall–Kier alpha value is -1.10. The van der Waals surface area contributed by atoms with Crippen LogP contribution in [0.1, 0.15) is 18.9 Å². The molecule has 1 N–H and O–H groups in total. The zero-order chi connectivity index (χ0) is 15.2. The number of hydrogen-bond donors (Lipinski definition) is 1. The van der Waals surface area contributed by atoms with Gasteiger partial charge in [0.05, 0.1) is 0 Å². The first-order valence-corrected chi connectivity index (χ1v) is 7.97. The molecule has 1 fully saturated rings. The van der Waals surface area contributed by atoms with Gasteiger partial charge in [0.25, 0.3) is 0 Å². The lowest BCUT2D eigenvalue weighted by atomic mass is 10.2. The highest BCUT2D eigenvalue weighted by Gasteiger charge is 2.16. The SMILES string of the molecule is CCN1CCN(CCC(=O)Nc2ccc(Cl)cc2C)CC1. The number of rotatable bonds is 5. The first-order valence-electron chi connectivity index (χ1n) is 7.59. The number of piperazine rings is 1. The van der Waals surface area contributed by atoms with Crippen molar-refractivity contribution in [2.75, 3.05) is 44.6 Å². The molecule has 2 rings (SSSR count). The summed E-state index contributed by atoms with van der Waals surface area (Å²) in [5.74, 6) is 0.0679. The fourth-order valence-corrected chi connectivity index (χ4v) is 2.80. The van der Waals surface area contributed by atoms with Crippen LogP contribution in [0.3, 0.4) is 0 Å². The van der Waals surface area contributed by atoms with Gasteiger partial charge in [-0.25, -0.2) is 0 Å². The van der Waals surface area contributed by atoms with Gasteiger partial charge in [0.15, 0.2) is 0 Å². The van der Waals surface area contributed by atoms with Gasteiger partial charge in [0.1, 0.15) is 0 Å². The number of nitrogens with one attached hydrogen (secondary N) is 1. The van der Waals surface area contributed by atoms with Crippen molar-refractivity contribution in [2.45, 2.75) is 20.3 Å². The van der Waals surface area contributed by atoms with Crippen LogP contribution in [0.25, 0.3) is 0 Å². The molecule has 1 saturated heterocycles. The lowest BCUT2D eigenvalue weighted by Crippen LogP contribution is -2.46. The van der Waals surface area contributed by atoms with Gasteiger partial charge in [-0.3, -0.25) is 4.79 Å². The van der Waals surface area contributed by atoms with E-state index in [1.165, 1.54) is 0 Å². The molecule has 21 heavy (non-hydrogen) atoms. The number of carbonyl (C=O) groups is 1. The molecule has 1 aromatic rings. The van der Waals surface area contributed by atoms with Gasteiger partial charge < -0.3 is 15.1 Å². The maximum absolute atomic E-state index is 12.0. The second kappa shape index (κ2) is 7.78. The number of anilines is 1. The maximum atomic E-state index is 12.0. The van der Waals surface area contributed by atoms with Crippen molar-refractivity contribution >= 4 is 23.2 Å². The average molecular weight is 310 g/mol. The summed E-state index contributed by atoms with van der Waals surface area (Å²) < 4.78 is 0. The Kier molecular flexibility index (Phi) is 6.03. The fraction of sp³-hybridized carbons (Fsp3) is 0.562. The topological polar surface area (TPSA) is 35.6 Å². The van der Waals surface area contributed by atoms with Crippen molar-refractivity contribution in [2.24, 2.45) is 0 Å². The number of halogens is 1. The Morgan fingerprint density at radius 2 is 1.90 bits per heavy atom. The summed E-state index contributed by atoms with van der Waals surface area (Å²) in [5.41, 5.74) is 1.84. The first-order chi connectivity index (χ1) is 10.1. The first kappa shape index (κ1) is 16.3. The van der Waals surface area contributed by atoms with Gasteiger partial charge in [-0.1, -0.05) is 18.5 Å². The Labute approximate surface area is 132 Å². The number of hydrogen-bond acceptors (Lipinski definition) is 3. The molecule has 0 unspecified atom stereocenters. The number of benzene rings is 1. The predicted molar refractivity (Wildman–Crippen MR) is 88.0 cm³/mol. The van der Waals surface area contributed by atoms with E-state index in [2.05, 4.69) is 22.0 Å². The molecule has 0 bridgehead atoms. The van der Waals surface area contributed by atoms with Crippen LogP contribution >= 0.6 is 11.6 Å². The summed E-state index contributed by atoms with van der Waals surface area (Å²) in [5, 5.41) is 3.66. The molecule has 4 nitrogen and oxygen atoms in total. The van der Waals surface area contributed by atoms with Crippen molar-refractivity contribution in [3.63, 3.8) is 0 Å². The minimum absolute atomic E-state index is 0.0679. The smallest absolute Gasteiger partial charge is 0.225 e. The van der Waals surface area contributed by atoms with E-state index in [-0.39, 0.29) is 5.91 Å². The largest absolute Gasteiger partial charge is 0.326 e. The Balaban J connectivity index is 1.75. The maximum Gasteiger partial charge on any atom is 0.225 e. The Morgan fingerprint density at radius 3 is 2.52 bits per heavy atom. The molecule has 5 heteroatoms. The van der Waals surface area contributed by atoms with Crippen LogP contribution in [-0.2, 0) is 4.79 Å². The van der Waals surface area contributed by atoms with Crippen molar-refractivity contribution in [3.8, 4) is 0 Å². The summed E-state index contributed by atoms with van der Waals surface area (Å²) in [6.07, 6.45) is 0.536. The van der Waals surface area contributed by atoms with Crippen LogP contribution in [0.5, 0.6) is 0 Å². The van der Waals surface area contributed by atoms with E-state index < -0.39 is 0 Å². The summed E-state index contributed by atoms with van der Waals surface area (Å²) in [7, 11) is 0. The van der Waals surface area contributed by atoms with E-state index in [9.17, 15) is 4.79 Å². The minimum Gasteiger partial charge on any atom is -0.326 e. The zero-order valence-corrected chi connectivity index (χ0v) is 13.6. The highest BCUT2D eigenvalue weighted by atomic mass is 35.5. The molecule has 1 amide bonds. The average Bonchev–Trinajstić information content (AvgIpc) is 2.48. The van der Waals surface area contributed by atoms with Crippen molar-refractivity contribution in [3.05, 3.63) is 28.8 Å². The van der Waals surface area contributed by atoms with Gasteiger partial charge in [-0.05, 0) is 37.2 Å². The summed E-state index contributed by atoms with van der Waals surface area (Å²) in [4.78, 5) is 16.8. The van der Waals surface area contributed by atoms with Crippen LogP contribution in [0, 0.1) is 6.92 Å². The summed E-state index contributed by atoms with van der Waals surface area (Å²) in [6, 6.07) is 5.52. The van der Waals surface area contributed by atoms with Gasteiger partial charge >= 0.3 is 0 Å². The number of aryl methyl sites for hydroxylation is 1. The van der Waals surface area contributed by atoms with E-state index in [4.69, 9.17) is 11.6 Å². The normalized spacial score (nSPS) is 16.9. The fourth-order valence-electron chi connectivity index (χ4n) is 2.57. The molecule has 0 spiro atoms. The molecule has 1 aliphatic rings. The Morgan fingerprint density at radius 1 is 1.24 bits per heavy atom. The molecular formula is C16H24ClN3O. The van der Waals surface area contributed by atoms with Crippen molar-refractivity contribution in [1.29, 1.82) is 0 Å². The monoisotopic (exact) mass is 309 g/mol. The van der Waals surface area contributed by atoms with Gasteiger partial charge in [-0.2, -0.15) is 0 Å². The van der Waals surface area contributed by atoms with Gasteiger partial charge in [0, 0.05) is 49.9 Å². The molecule has 1 aliphatic heterocycles. The number of carbonyl (C=O) groups excluding carboxylic acids is 1. The molecule has 0 radical (unpaired) electrons. The molecule has 116 valence electrons. The van der Waals surface area contributed by atoms with Crippen LogP contribution in [-0.4, -0.2) is 55.0 Å². The van der Waals surface area contributed by atoms with E-state index in [0.717, 1.165) is 50.5 Å². The zero-order valence-electron chi connectivity index (χ0n) is 12.9. The molecule has 0 saturated carbocycles. The lowest BCUT2D eigenvalue weighted by Gasteiger charge is -2.33. The highest BCUT2D eigenvalue weighted by molar-refractivity contribution is 6.30. The third-order valence-electron chi connectivity index (χ3n) is 4.03. The van der Waals surface area contributed by atoms with Gasteiger partial charge in [0.2, 0.25) is 5.91 Å². The molecule has 1 heterocycles. The van der Waals surface area contributed by atoms with Crippen molar-refractivity contribution in [1.82, 2.24) is 9.80 Å². The number of nitrogens with zero attached hydrogens (tertiary/aromatic N) is 2. The molecule has 1 aromatic carbocycles. The predicted octanol–water partition coefficient (Wildman–Crippen LogP) is 2.61. The Bertz CT molecular complexity index is 484. The van der Waals surface area contributed by atoms with Crippen LogP contribution in [0.15, 0.2) is 18.2 Å². The third-order valence-corrected chi connectivity index (χ3v) is 4.26. The van der Waals surface area contributed by atoms with Crippen LogP contribution in [0.2, 0.25) is 5.02 Å². The summed E-state index contributed by atoms with van der Waals surface area (Å²) >= 11 is 5.92. The molecule has 0 aliphatic carbocycles. The van der Waals surface area contributed by atoms with Crippen LogP contribution in [0.4, 0.5) is 5.69 Å². The molecule has 0 atom stereocenters. The van der Waals surface area contributed by atoms with E-state index in [1.54, 1.807) is 6.07 Å².